The van der Waals surface area contributed by atoms with Gasteiger partial charge in [-0.15, -0.1) is 11.8 Å². The highest BCUT2D eigenvalue weighted by atomic mass is 32.2. The van der Waals surface area contributed by atoms with Gasteiger partial charge in [-0.05, 0) is 25.3 Å². The quantitative estimate of drug-likeness (QED) is 0.648. The summed E-state index contributed by atoms with van der Waals surface area (Å²) in [6.45, 7) is 2.29. The van der Waals surface area contributed by atoms with Gasteiger partial charge in [0.15, 0.2) is 0 Å². The van der Waals surface area contributed by atoms with Crippen LogP contribution >= 0.6 is 11.8 Å². The van der Waals surface area contributed by atoms with Gasteiger partial charge in [-0.1, -0.05) is 47.1 Å². The molecule has 0 aliphatic rings. The first-order chi connectivity index (χ1) is 12.1. The van der Waals surface area contributed by atoms with E-state index in [1.165, 1.54) is 5.56 Å². The van der Waals surface area contributed by atoms with Gasteiger partial charge in [-0.25, -0.2) is 0 Å². The van der Waals surface area contributed by atoms with Crippen LogP contribution in [-0.4, -0.2) is 34.3 Å². The number of hydrogen-bond donors (Lipinski definition) is 0. The van der Waals surface area contributed by atoms with Crippen molar-refractivity contribution in [2.24, 2.45) is 0 Å². The first kappa shape index (κ1) is 17.2. The Labute approximate surface area is 151 Å². The molecule has 25 heavy (non-hydrogen) atoms. The topological polar surface area (TPSA) is 59.2 Å². The molecule has 0 saturated carbocycles. The van der Waals surface area contributed by atoms with Gasteiger partial charge in [0, 0.05) is 17.5 Å². The Hall–Kier alpha value is -2.60. The Morgan fingerprint density at radius 3 is 2.60 bits per heavy atom. The predicted octanol–water partition coefficient (Wildman–Crippen LogP) is 4.04. The number of carbonyl (C=O) groups is 1. The Balaban J connectivity index is 1.74. The summed E-state index contributed by atoms with van der Waals surface area (Å²) in [7, 11) is 1.73. The summed E-state index contributed by atoms with van der Waals surface area (Å²) >= 11 is 1.55. The molecule has 0 spiro atoms. The van der Waals surface area contributed by atoms with Crippen LogP contribution in [0.15, 0.2) is 57.9 Å². The lowest BCUT2D eigenvalue weighted by molar-refractivity contribution is 0.0766. The number of benzene rings is 2. The van der Waals surface area contributed by atoms with Gasteiger partial charge in [0.2, 0.25) is 11.7 Å². The number of carbonyl (C=O) groups excluding carboxylic acids is 1. The summed E-state index contributed by atoms with van der Waals surface area (Å²) in [6.07, 6.45) is 1.96. The molecular formula is C19H19N3O2S. The summed E-state index contributed by atoms with van der Waals surface area (Å²) in [5.74, 6) is 0.869. The molecular weight excluding hydrogens is 334 g/mol. The molecule has 0 aliphatic carbocycles. The number of aryl methyl sites for hydroxylation is 1. The fourth-order valence-electron chi connectivity index (χ4n) is 2.44. The summed E-state index contributed by atoms with van der Waals surface area (Å²) < 4.78 is 5.30. The molecule has 0 radical (unpaired) electrons. The van der Waals surface area contributed by atoms with Crippen LogP contribution in [-0.2, 0) is 6.54 Å². The van der Waals surface area contributed by atoms with E-state index >= 15 is 0 Å². The smallest absolute Gasteiger partial charge is 0.255 e. The maximum atomic E-state index is 12.7. The first-order valence-electron chi connectivity index (χ1n) is 7.86. The largest absolute Gasteiger partial charge is 0.337 e. The molecule has 0 fully saturated rings. The number of hydrogen-bond acceptors (Lipinski definition) is 5. The third kappa shape index (κ3) is 3.91. The van der Waals surface area contributed by atoms with Crippen LogP contribution in [0.1, 0.15) is 21.8 Å². The summed E-state index contributed by atoms with van der Waals surface area (Å²) in [4.78, 5) is 19.6. The molecule has 6 heteroatoms. The lowest BCUT2D eigenvalue weighted by atomic mass is 10.1. The fraction of sp³-hybridized carbons (Fsp3) is 0.211. The van der Waals surface area contributed by atoms with Gasteiger partial charge in [0.1, 0.15) is 0 Å². The highest BCUT2D eigenvalue weighted by Crippen LogP contribution is 2.22. The van der Waals surface area contributed by atoms with Crippen molar-refractivity contribution in [1.82, 2.24) is 15.0 Å². The van der Waals surface area contributed by atoms with Crippen molar-refractivity contribution in [3.8, 4) is 11.4 Å². The van der Waals surface area contributed by atoms with Crippen LogP contribution < -0.4 is 0 Å². The second kappa shape index (κ2) is 7.53. The molecule has 3 rings (SSSR count). The lowest BCUT2D eigenvalue weighted by Crippen LogP contribution is -2.26. The average Bonchev–Trinajstić information content (AvgIpc) is 3.10. The molecule has 0 N–H and O–H groups in total. The maximum Gasteiger partial charge on any atom is 0.255 e. The lowest BCUT2D eigenvalue weighted by Gasteiger charge is -2.16. The maximum absolute atomic E-state index is 12.7. The predicted molar refractivity (Wildman–Crippen MR) is 98.5 cm³/mol. The summed E-state index contributed by atoms with van der Waals surface area (Å²) in [6, 6.07) is 15.5. The highest BCUT2D eigenvalue weighted by Gasteiger charge is 2.18. The third-order valence-corrected chi connectivity index (χ3v) is 4.63. The van der Waals surface area contributed by atoms with Crippen molar-refractivity contribution in [2.45, 2.75) is 18.4 Å². The standard InChI is InChI=1S/C19H19N3O2S/c1-13-8-10-14(11-9-13)18-20-17(24-21-18)12-22(2)19(23)15-6-4-5-7-16(15)25-3/h4-11H,12H2,1-3H3. The van der Waals surface area contributed by atoms with Gasteiger partial charge < -0.3 is 9.42 Å². The van der Waals surface area contributed by atoms with Crippen molar-refractivity contribution >= 4 is 17.7 Å². The van der Waals surface area contributed by atoms with E-state index in [2.05, 4.69) is 10.1 Å². The molecule has 2 aromatic carbocycles. The first-order valence-corrected chi connectivity index (χ1v) is 9.09. The molecule has 3 aromatic rings. The molecule has 128 valence electrons. The Morgan fingerprint density at radius 1 is 1.16 bits per heavy atom. The zero-order valence-electron chi connectivity index (χ0n) is 14.4. The van der Waals surface area contributed by atoms with E-state index in [0.717, 1.165) is 10.5 Å². The van der Waals surface area contributed by atoms with E-state index in [4.69, 9.17) is 4.52 Å². The van der Waals surface area contributed by atoms with Crippen molar-refractivity contribution in [3.63, 3.8) is 0 Å². The molecule has 0 unspecified atom stereocenters. The van der Waals surface area contributed by atoms with E-state index < -0.39 is 0 Å². The van der Waals surface area contributed by atoms with Gasteiger partial charge in [-0.2, -0.15) is 4.98 Å². The molecule has 1 aromatic heterocycles. The van der Waals surface area contributed by atoms with Crippen molar-refractivity contribution in [1.29, 1.82) is 0 Å². The molecule has 5 nitrogen and oxygen atoms in total. The fourth-order valence-corrected chi connectivity index (χ4v) is 3.03. The summed E-state index contributed by atoms with van der Waals surface area (Å²) in [5, 5.41) is 4.01. The third-order valence-electron chi connectivity index (χ3n) is 3.83. The molecule has 1 amide bonds. The molecule has 1 heterocycles. The molecule has 0 bridgehead atoms. The number of nitrogens with zero attached hydrogens (tertiary/aromatic N) is 3. The number of rotatable bonds is 5. The average molecular weight is 353 g/mol. The van der Waals surface area contributed by atoms with Crippen molar-refractivity contribution in [2.75, 3.05) is 13.3 Å². The van der Waals surface area contributed by atoms with Crippen molar-refractivity contribution in [3.05, 3.63) is 65.5 Å². The van der Waals surface area contributed by atoms with Gasteiger partial charge >= 0.3 is 0 Å². The molecule has 0 atom stereocenters. The number of aromatic nitrogens is 2. The van der Waals surface area contributed by atoms with Crippen LogP contribution in [0.5, 0.6) is 0 Å². The van der Waals surface area contributed by atoms with Crippen molar-refractivity contribution < 1.29 is 9.32 Å². The molecule has 0 saturated heterocycles. The SMILES string of the molecule is CSc1ccccc1C(=O)N(C)Cc1nc(-c2ccc(C)cc2)no1. The second-order valence-electron chi connectivity index (χ2n) is 5.74. The zero-order valence-corrected chi connectivity index (χ0v) is 15.2. The van der Waals surface area contributed by atoms with Gasteiger partial charge in [0.05, 0.1) is 12.1 Å². The van der Waals surface area contributed by atoms with E-state index in [9.17, 15) is 4.79 Å². The zero-order chi connectivity index (χ0) is 17.8. The van der Waals surface area contributed by atoms with Gasteiger partial charge in [-0.3, -0.25) is 4.79 Å². The highest BCUT2D eigenvalue weighted by molar-refractivity contribution is 7.98. The van der Waals surface area contributed by atoms with Crippen LogP contribution in [0, 0.1) is 6.92 Å². The minimum atomic E-state index is -0.0694. The minimum absolute atomic E-state index is 0.0694. The normalized spacial score (nSPS) is 10.7. The Morgan fingerprint density at radius 2 is 1.88 bits per heavy atom. The minimum Gasteiger partial charge on any atom is -0.337 e. The van der Waals surface area contributed by atoms with E-state index in [-0.39, 0.29) is 12.5 Å². The number of thioether (sulfide) groups is 1. The molecule has 0 aliphatic heterocycles. The van der Waals surface area contributed by atoms with Crippen LogP contribution in [0.3, 0.4) is 0 Å². The summed E-state index contributed by atoms with van der Waals surface area (Å²) in [5.41, 5.74) is 2.74. The monoisotopic (exact) mass is 353 g/mol. The van der Waals surface area contributed by atoms with Gasteiger partial charge in [0.25, 0.3) is 5.91 Å². The van der Waals surface area contributed by atoms with E-state index in [1.807, 2.05) is 61.7 Å². The van der Waals surface area contributed by atoms with E-state index in [1.54, 1.807) is 23.7 Å². The van der Waals surface area contributed by atoms with Crippen LogP contribution in [0.2, 0.25) is 0 Å². The van der Waals surface area contributed by atoms with Crippen LogP contribution in [0.4, 0.5) is 0 Å². The van der Waals surface area contributed by atoms with E-state index in [0.29, 0.717) is 17.3 Å². The Kier molecular flexibility index (Phi) is 5.19. The van der Waals surface area contributed by atoms with Crippen LogP contribution in [0.25, 0.3) is 11.4 Å². The Bertz CT molecular complexity index is 874. The number of amides is 1. The second-order valence-corrected chi connectivity index (χ2v) is 6.59.